The molecule has 1 aliphatic heterocycles. The van der Waals surface area contributed by atoms with E-state index in [1.54, 1.807) is 0 Å². The maximum absolute atomic E-state index is 13.7. The minimum atomic E-state index is -0.392. The normalized spacial score (nSPS) is 35.8. The average molecular weight is 488 g/mol. The summed E-state index contributed by atoms with van der Waals surface area (Å²) in [5.41, 5.74) is 3.68. The van der Waals surface area contributed by atoms with Crippen molar-refractivity contribution in [3.05, 3.63) is 65.2 Å². The zero-order valence-corrected chi connectivity index (χ0v) is 22.1. The van der Waals surface area contributed by atoms with Gasteiger partial charge in [-0.05, 0) is 97.4 Å². The van der Waals surface area contributed by atoms with E-state index in [0.29, 0.717) is 29.4 Å². The van der Waals surface area contributed by atoms with Crippen LogP contribution in [0.4, 0.5) is 0 Å². The van der Waals surface area contributed by atoms with Crippen LogP contribution in [0.25, 0.3) is 0 Å². The van der Waals surface area contributed by atoms with E-state index in [1.165, 1.54) is 23.1 Å². The molecule has 6 rings (SSSR count). The van der Waals surface area contributed by atoms with E-state index < -0.39 is 5.60 Å². The molecule has 0 bridgehead atoms. The number of ether oxygens (including phenoxy) is 1. The smallest absolute Gasteiger partial charge is 0.323 e. The van der Waals surface area contributed by atoms with Crippen LogP contribution in [0.15, 0.2) is 48.5 Å². The van der Waals surface area contributed by atoms with E-state index in [-0.39, 0.29) is 17.4 Å². The Morgan fingerprint density at radius 1 is 1.08 bits per heavy atom. The number of aryl methyl sites for hydroxylation is 1. The summed E-state index contributed by atoms with van der Waals surface area (Å²) in [5.74, 6) is 2.60. The molecule has 1 heterocycles. The lowest BCUT2D eigenvalue weighted by Crippen LogP contribution is -2.65. The van der Waals surface area contributed by atoms with Crippen LogP contribution in [-0.4, -0.2) is 34.2 Å². The number of phenolic OH excluding ortho intramolecular Hbond substituents is 1. The van der Waals surface area contributed by atoms with Crippen LogP contribution in [-0.2, 0) is 22.5 Å². The highest BCUT2D eigenvalue weighted by Gasteiger charge is 2.66. The van der Waals surface area contributed by atoms with Gasteiger partial charge in [-0.2, -0.15) is 0 Å². The topological polar surface area (TPSA) is 49.8 Å². The van der Waals surface area contributed by atoms with Crippen molar-refractivity contribution >= 4 is 5.97 Å². The number of esters is 1. The third kappa shape index (κ3) is 3.79. The van der Waals surface area contributed by atoms with Gasteiger partial charge in [0.1, 0.15) is 17.4 Å². The Labute approximate surface area is 216 Å². The predicted octanol–water partition coefficient (Wildman–Crippen LogP) is 6.46. The molecule has 0 radical (unpaired) electrons. The summed E-state index contributed by atoms with van der Waals surface area (Å²) in [7, 11) is 0. The number of hydrogen-bond acceptors (Lipinski definition) is 4. The standard InChI is InChI=1S/C32H41NO3/c1-21(2)17-29-30(35)36-32(20-33(29)19-22-7-5-4-6-8-22)16-14-28-27-11-9-23-18-24(34)10-12-25(23)26(27)13-15-31(28,32)3/h4-8,10,12,18,21,26-29,34H,9,11,13-17,19-20H2,1-3H3/t26-,27-,28+,29+,31+,32-/m1/s1. The highest BCUT2D eigenvalue weighted by Crippen LogP contribution is 2.66. The largest absolute Gasteiger partial charge is 0.508 e. The Kier molecular flexibility index (Phi) is 5.94. The van der Waals surface area contributed by atoms with Gasteiger partial charge in [0.25, 0.3) is 0 Å². The third-order valence-electron chi connectivity index (χ3n) is 10.4. The molecule has 4 nitrogen and oxygen atoms in total. The second-order valence-electron chi connectivity index (χ2n) is 12.7. The second kappa shape index (κ2) is 8.90. The Bertz CT molecular complexity index is 1130. The van der Waals surface area contributed by atoms with Crippen molar-refractivity contribution in [2.24, 2.45) is 23.2 Å². The number of morpholine rings is 1. The lowest BCUT2D eigenvalue weighted by molar-refractivity contribution is -0.210. The van der Waals surface area contributed by atoms with Gasteiger partial charge < -0.3 is 9.84 Å². The van der Waals surface area contributed by atoms with Crippen LogP contribution in [0.2, 0.25) is 0 Å². The molecular weight excluding hydrogens is 446 g/mol. The van der Waals surface area contributed by atoms with Crippen LogP contribution in [0.1, 0.15) is 81.9 Å². The fourth-order valence-corrected chi connectivity index (χ4v) is 8.64. The van der Waals surface area contributed by atoms with Gasteiger partial charge >= 0.3 is 5.97 Å². The predicted molar refractivity (Wildman–Crippen MR) is 142 cm³/mol. The van der Waals surface area contributed by atoms with E-state index in [2.05, 4.69) is 62.1 Å². The third-order valence-corrected chi connectivity index (χ3v) is 10.4. The first-order valence-corrected chi connectivity index (χ1v) is 14.1. The highest BCUT2D eigenvalue weighted by molar-refractivity contribution is 5.77. The van der Waals surface area contributed by atoms with Gasteiger partial charge in [-0.15, -0.1) is 0 Å². The fraction of sp³-hybridized carbons (Fsp3) is 0.594. The van der Waals surface area contributed by atoms with E-state index >= 15 is 0 Å². The molecule has 2 aromatic rings. The van der Waals surface area contributed by atoms with Crippen molar-refractivity contribution in [1.82, 2.24) is 4.90 Å². The molecule has 36 heavy (non-hydrogen) atoms. The van der Waals surface area contributed by atoms with Gasteiger partial charge in [-0.25, -0.2) is 0 Å². The van der Waals surface area contributed by atoms with Crippen LogP contribution in [0, 0.1) is 23.2 Å². The number of hydrogen-bond donors (Lipinski definition) is 1. The van der Waals surface area contributed by atoms with Crippen molar-refractivity contribution in [3.63, 3.8) is 0 Å². The van der Waals surface area contributed by atoms with Crippen molar-refractivity contribution in [2.45, 2.75) is 89.8 Å². The molecule has 6 atom stereocenters. The molecule has 1 saturated heterocycles. The quantitative estimate of drug-likeness (QED) is 0.503. The molecule has 0 aromatic heterocycles. The maximum Gasteiger partial charge on any atom is 0.323 e. The van der Waals surface area contributed by atoms with Crippen molar-refractivity contribution in [2.75, 3.05) is 6.54 Å². The molecule has 3 aliphatic carbocycles. The molecule has 0 amide bonds. The van der Waals surface area contributed by atoms with Gasteiger partial charge in [0.05, 0.1) is 0 Å². The van der Waals surface area contributed by atoms with Gasteiger partial charge in [-0.1, -0.05) is 57.2 Å². The molecule has 2 aromatic carbocycles. The average Bonchev–Trinajstić information content (AvgIpc) is 3.13. The Morgan fingerprint density at radius 3 is 2.67 bits per heavy atom. The first-order chi connectivity index (χ1) is 17.3. The number of aromatic hydroxyl groups is 1. The molecule has 2 saturated carbocycles. The second-order valence-corrected chi connectivity index (χ2v) is 12.7. The van der Waals surface area contributed by atoms with Gasteiger partial charge in [0.2, 0.25) is 0 Å². The lowest BCUT2D eigenvalue weighted by atomic mass is 9.53. The van der Waals surface area contributed by atoms with Crippen molar-refractivity contribution < 1.29 is 14.6 Å². The number of fused-ring (bicyclic) bond motifs is 6. The van der Waals surface area contributed by atoms with Crippen LogP contribution < -0.4 is 0 Å². The molecule has 1 N–H and O–H groups in total. The Morgan fingerprint density at radius 2 is 1.89 bits per heavy atom. The Hall–Kier alpha value is -2.33. The van der Waals surface area contributed by atoms with Crippen molar-refractivity contribution in [3.8, 4) is 5.75 Å². The maximum atomic E-state index is 13.7. The summed E-state index contributed by atoms with van der Waals surface area (Å²) in [5, 5.41) is 10.0. The fourth-order valence-electron chi connectivity index (χ4n) is 8.64. The summed E-state index contributed by atoms with van der Waals surface area (Å²) < 4.78 is 6.64. The first kappa shape index (κ1) is 24.0. The Balaban J connectivity index is 1.30. The number of phenols is 1. The summed E-state index contributed by atoms with van der Waals surface area (Å²) in [6, 6.07) is 16.5. The van der Waals surface area contributed by atoms with Crippen molar-refractivity contribution in [1.29, 1.82) is 0 Å². The highest BCUT2D eigenvalue weighted by atomic mass is 16.6. The molecule has 192 valence electrons. The molecule has 1 spiro atoms. The lowest BCUT2D eigenvalue weighted by Gasteiger charge is -2.57. The minimum absolute atomic E-state index is 0.000607. The van der Waals surface area contributed by atoms with Crippen LogP contribution in [0.3, 0.4) is 0 Å². The minimum Gasteiger partial charge on any atom is -0.508 e. The van der Waals surface area contributed by atoms with E-state index in [1.807, 2.05) is 12.1 Å². The first-order valence-electron chi connectivity index (χ1n) is 14.1. The van der Waals surface area contributed by atoms with E-state index in [0.717, 1.165) is 51.6 Å². The molecule has 4 aliphatic rings. The summed E-state index contributed by atoms with van der Waals surface area (Å²) >= 11 is 0. The summed E-state index contributed by atoms with van der Waals surface area (Å²) in [4.78, 5) is 16.2. The zero-order chi connectivity index (χ0) is 25.1. The number of carbonyl (C=O) groups is 1. The van der Waals surface area contributed by atoms with Crippen LogP contribution >= 0.6 is 0 Å². The van der Waals surface area contributed by atoms with E-state index in [9.17, 15) is 9.90 Å². The number of nitrogens with zero attached hydrogens (tertiary/aromatic N) is 1. The molecule has 0 unspecified atom stereocenters. The number of benzene rings is 2. The van der Waals surface area contributed by atoms with Gasteiger partial charge in [0.15, 0.2) is 0 Å². The van der Waals surface area contributed by atoms with Gasteiger partial charge in [-0.3, -0.25) is 9.69 Å². The van der Waals surface area contributed by atoms with Gasteiger partial charge in [0, 0.05) is 18.5 Å². The molecule has 4 heteroatoms. The molecule has 3 fully saturated rings. The zero-order valence-electron chi connectivity index (χ0n) is 22.1. The monoisotopic (exact) mass is 487 g/mol. The van der Waals surface area contributed by atoms with Crippen LogP contribution in [0.5, 0.6) is 5.75 Å². The number of rotatable bonds is 4. The molecular formula is C32H41NO3. The number of carbonyl (C=O) groups excluding carboxylic acids is 1. The SMILES string of the molecule is CC(C)C[C@H]1C(=O)O[C@]2(CC[C@H]3[C@@H]4CCc5cc(O)ccc5[C@H]4CC[C@@]32C)CN1Cc1ccccc1. The van der Waals surface area contributed by atoms with E-state index in [4.69, 9.17) is 4.74 Å². The summed E-state index contributed by atoms with van der Waals surface area (Å²) in [6.45, 7) is 8.50. The summed E-state index contributed by atoms with van der Waals surface area (Å²) in [6.07, 6.45) is 7.42.